The van der Waals surface area contributed by atoms with E-state index in [0.29, 0.717) is 25.3 Å². The molecule has 0 amide bonds. The van der Waals surface area contributed by atoms with Crippen LogP contribution in [0.1, 0.15) is 16.7 Å². The molecule has 5 rings (SSSR count). The van der Waals surface area contributed by atoms with Gasteiger partial charge in [-0.3, -0.25) is 0 Å². The maximum Gasteiger partial charge on any atom is 0.341 e. The Morgan fingerprint density at radius 2 is 1.51 bits per heavy atom. The molecule has 6 nitrogen and oxygen atoms in total. The zero-order valence-corrected chi connectivity index (χ0v) is 20.6. The van der Waals surface area contributed by atoms with Gasteiger partial charge in [0.1, 0.15) is 12.4 Å². The van der Waals surface area contributed by atoms with Crippen LogP contribution >= 0.6 is 0 Å². The molecule has 0 aliphatic carbocycles. The van der Waals surface area contributed by atoms with Crippen LogP contribution < -0.4 is 4.74 Å². The van der Waals surface area contributed by atoms with Crippen LogP contribution in [0.5, 0.6) is 5.75 Å². The number of carboxylic acids is 1. The molecule has 0 bridgehead atoms. The number of carbonyl (C=O) groups is 1. The molecule has 0 unspecified atom stereocenters. The van der Waals surface area contributed by atoms with Crippen LogP contribution in [0.25, 0.3) is 21.8 Å². The molecule has 0 fully saturated rings. The minimum absolute atomic E-state index is 0.378. The average molecular weight is 493 g/mol. The molecule has 4 aromatic carbocycles. The number of para-hydroxylation sites is 2. The lowest BCUT2D eigenvalue weighted by atomic mass is 10.0. The molecule has 0 saturated heterocycles. The van der Waals surface area contributed by atoms with Crippen molar-refractivity contribution in [3.8, 4) is 5.75 Å². The molecule has 1 heterocycles. The van der Waals surface area contributed by atoms with E-state index >= 15 is 0 Å². The van der Waals surface area contributed by atoms with Crippen molar-refractivity contribution in [2.75, 3.05) is 13.2 Å². The minimum atomic E-state index is -1.01. The van der Waals surface area contributed by atoms with Crippen LogP contribution in [0, 0.1) is 6.92 Å². The molecule has 186 valence electrons. The van der Waals surface area contributed by atoms with Crippen molar-refractivity contribution in [2.24, 2.45) is 5.16 Å². The lowest BCUT2D eigenvalue weighted by Gasteiger charge is -2.12. The first-order valence-electron chi connectivity index (χ1n) is 12.2. The van der Waals surface area contributed by atoms with E-state index in [0.717, 1.165) is 22.4 Å². The van der Waals surface area contributed by atoms with Crippen LogP contribution in [-0.4, -0.2) is 34.6 Å². The number of fused-ring (bicyclic) bond motifs is 3. The molecule has 6 heteroatoms. The number of nitrogens with zero attached hydrogens (tertiary/aromatic N) is 2. The van der Waals surface area contributed by atoms with Gasteiger partial charge in [0.05, 0.1) is 12.3 Å². The van der Waals surface area contributed by atoms with Crippen molar-refractivity contribution in [3.63, 3.8) is 0 Å². The van der Waals surface area contributed by atoms with Crippen molar-refractivity contribution in [1.29, 1.82) is 0 Å². The zero-order chi connectivity index (χ0) is 25.6. The molecular weight excluding hydrogens is 464 g/mol. The number of aliphatic carboxylic acids is 1. The highest BCUT2D eigenvalue weighted by atomic mass is 16.6. The third kappa shape index (κ3) is 5.48. The van der Waals surface area contributed by atoms with Gasteiger partial charge in [-0.05, 0) is 48.4 Å². The van der Waals surface area contributed by atoms with Crippen molar-refractivity contribution >= 4 is 33.5 Å². The number of hydrogen-bond donors (Lipinski definition) is 1. The molecule has 1 N–H and O–H groups in total. The third-order valence-electron chi connectivity index (χ3n) is 6.33. The minimum Gasteiger partial charge on any atom is -0.482 e. The Bertz CT molecular complexity index is 1520. The van der Waals surface area contributed by atoms with Crippen molar-refractivity contribution in [1.82, 2.24) is 4.57 Å². The number of carboxylic acid groups (broad SMARTS) is 1. The largest absolute Gasteiger partial charge is 0.482 e. The molecule has 0 radical (unpaired) electrons. The van der Waals surface area contributed by atoms with E-state index in [2.05, 4.69) is 70.4 Å². The van der Waals surface area contributed by atoms with Gasteiger partial charge in [-0.15, -0.1) is 0 Å². The van der Waals surface area contributed by atoms with Gasteiger partial charge in [0.15, 0.2) is 6.61 Å². The summed E-state index contributed by atoms with van der Waals surface area (Å²) >= 11 is 0. The topological polar surface area (TPSA) is 73.0 Å². The first-order valence-corrected chi connectivity index (χ1v) is 12.2. The van der Waals surface area contributed by atoms with Crippen molar-refractivity contribution in [3.05, 3.63) is 114 Å². The number of aryl methyl sites for hydroxylation is 1. The van der Waals surface area contributed by atoms with E-state index in [9.17, 15) is 4.79 Å². The van der Waals surface area contributed by atoms with Gasteiger partial charge in [0.2, 0.25) is 0 Å². The number of oxime groups is 1. The summed E-state index contributed by atoms with van der Waals surface area (Å²) in [6, 6.07) is 32.6. The Morgan fingerprint density at radius 3 is 2.16 bits per heavy atom. The normalized spacial score (nSPS) is 11.6. The molecule has 0 saturated carbocycles. The lowest BCUT2D eigenvalue weighted by molar-refractivity contribution is -0.139. The Hall–Kier alpha value is -4.58. The lowest BCUT2D eigenvalue weighted by Crippen LogP contribution is -2.11. The van der Waals surface area contributed by atoms with Crippen molar-refractivity contribution in [2.45, 2.75) is 19.9 Å². The summed E-state index contributed by atoms with van der Waals surface area (Å²) in [6.07, 6.45) is 0.602. The molecule has 0 aliphatic heterocycles. The highest BCUT2D eigenvalue weighted by Gasteiger charge is 2.12. The fraction of sp³-hybridized carbons (Fsp3) is 0.161. The predicted molar refractivity (Wildman–Crippen MR) is 146 cm³/mol. The Balaban J connectivity index is 1.38. The third-order valence-corrected chi connectivity index (χ3v) is 6.33. The molecular formula is C31H28N2O4. The summed E-state index contributed by atoms with van der Waals surface area (Å²) in [5.41, 5.74) is 6.00. The van der Waals surface area contributed by atoms with Gasteiger partial charge >= 0.3 is 5.97 Å². The maximum atomic E-state index is 10.9. The molecule has 37 heavy (non-hydrogen) atoms. The fourth-order valence-corrected chi connectivity index (χ4v) is 4.61. The molecule has 0 spiro atoms. The second-order valence-corrected chi connectivity index (χ2v) is 8.88. The number of hydrogen-bond acceptors (Lipinski definition) is 4. The standard InChI is InChI=1S/C31H28N2O4/c1-22-19-24(15-16-30(22)36-21-31(34)35)27(20-23-9-3-2-4-10-23)32-37-18-17-33-28-13-7-5-11-25(28)26-12-6-8-14-29(26)33/h2-16,19H,17-18,20-21H2,1H3,(H,34,35)/b32-27+. The smallest absolute Gasteiger partial charge is 0.341 e. The number of ether oxygens (including phenoxy) is 1. The van der Waals surface area contributed by atoms with E-state index in [1.54, 1.807) is 6.07 Å². The molecule has 0 atom stereocenters. The van der Waals surface area contributed by atoms with Gasteiger partial charge in [-0.2, -0.15) is 0 Å². The van der Waals surface area contributed by atoms with Crippen LogP contribution in [0.3, 0.4) is 0 Å². The Morgan fingerprint density at radius 1 is 0.865 bits per heavy atom. The van der Waals surface area contributed by atoms with Crippen LogP contribution in [0.4, 0.5) is 0 Å². The van der Waals surface area contributed by atoms with Gasteiger partial charge in [0, 0.05) is 33.8 Å². The van der Waals surface area contributed by atoms with E-state index in [1.165, 1.54) is 21.8 Å². The quantitative estimate of drug-likeness (QED) is 0.142. The molecule has 0 aliphatic rings. The van der Waals surface area contributed by atoms with Gasteiger partial charge in [-0.25, -0.2) is 4.79 Å². The number of benzene rings is 4. The van der Waals surface area contributed by atoms with E-state index in [1.807, 2.05) is 37.3 Å². The summed E-state index contributed by atoms with van der Waals surface area (Å²) < 4.78 is 7.66. The summed E-state index contributed by atoms with van der Waals surface area (Å²) in [5.74, 6) is -0.469. The summed E-state index contributed by atoms with van der Waals surface area (Å²) in [4.78, 5) is 16.8. The summed E-state index contributed by atoms with van der Waals surface area (Å²) in [6.45, 7) is 2.60. The van der Waals surface area contributed by atoms with Gasteiger partial charge < -0.3 is 19.2 Å². The highest BCUT2D eigenvalue weighted by molar-refractivity contribution is 6.08. The van der Waals surface area contributed by atoms with Gasteiger partial charge in [-0.1, -0.05) is 71.9 Å². The van der Waals surface area contributed by atoms with Crippen LogP contribution in [0.15, 0.2) is 102 Å². The van der Waals surface area contributed by atoms with E-state index < -0.39 is 5.97 Å². The van der Waals surface area contributed by atoms with Crippen LogP contribution in [-0.2, 0) is 22.6 Å². The monoisotopic (exact) mass is 492 g/mol. The van der Waals surface area contributed by atoms with Crippen LogP contribution in [0.2, 0.25) is 0 Å². The number of aromatic nitrogens is 1. The fourth-order valence-electron chi connectivity index (χ4n) is 4.61. The first kappa shape index (κ1) is 24.1. The van der Waals surface area contributed by atoms with E-state index in [-0.39, 0.29) is 6.61 Å². The second-order valence-electron chi connectivity index (χ2n) is 8.88. The van der Waals surface area contributed by atoms with Crippen molar-refractivity contribution < 1.29 is 19.5 Å². The summed E-state index contributed by atoms with van der Waals surface area (Å²) in [7, 11) is 0. The first-order chi connectivity index (χ1) is 18.1. The summed E-state index contributed by atoms with van der Waals surface area (Å²) in [5, 5.41) is 15.9. The maximum absolute atomic E-state index is 10.9. The molecule has 5 aromatic rings. The second kappa shape index (κ2) is 11.0. The Kier molecular flexibility index (Phi) is 7.17. The van der Waals surface area contributed by atoms with Gasteiger partial charge in [0.25, 0.3) is 0 Å². The zero-order valence-electron chi connectivity index (χ0n) is 20.6. The average Bonchev–Trinajstić information content (AvgIpc) is 3.24. The number of rotatable bonds is 10. The predicted octanol–water partition coefficient (Wildman–Crippen LogP) is 6.23. The Labute approximate surface area is 215 Å². The van der Waals surface area contributed by atoms with E-state index in [4.69, 9.17) is 14.7 Å². The molecule has 1 aromatic heterocycles. The highest BCUT2D eigenvalue weighted by Crippen LogP contribution is 2.28. The SMILES string of the molecule is Cc1cc(/C(Cc2ccccc2)=N/OCCn2c3ccccc3c3ccccc32)ccc1OCC(=O)O.